The maximum atomic E-state index is 14.7. The van der Waals surface area contributed by atoms with Crippen LogP contribution in [-0.4, -0.2) is 45.5 Å². The summed E-state index contributed by atoms with van der Waals surface area (Å²) in [6, 6.07) is 36.1. The zero-order valence-corrected chi connectivity index (χ0v) is 41.0. The van der Waals surface area contributed by atoms with Gasteiger partial charge in [-0.2, -0.15) is 0 Å². The highest BCUT2D eigenvalue weighted by Crippen LogP contribution is 2.38. The minimum absolute atomic E-state index is 0.104. The van der Waals surface area contributed by atoms with Crippen molar-refractivity contribution in [3.05, 3.63) is 166 Å². The molecule has 0 aromatic heterocycles. The van der Waals surface area contributed by atoms with Gasteiger partial charge in [0.1, 0.15) is 41.2 Å². The first-order chi connectivity index (χ1) is 31.8. The van der Waals surface area contributed by atoms with Gasteiger partial charge in [-0.25, -0.2) is 8.78 Å². The number of methoxy groups -OCH3 is 4. The van der Waals surface area contributed by atoms with Crippen LogP contribution >= 0.6 is 11.6 Å². The summed E-state index contributed by atoms with van der Waals surface area (Å²) in [4.78, 5) is 22.2. The first-order valence-electron chi connectivity index (χ1n) is 21.9. The summed E-state index contributed by atoms with van der Waals surface area (Å²) in [5, 5.41) is 9.12. The van der Waals surface area contributed by atoms with Crippen LogP contribution in [0.2, 0.25) is 0 Å². The number of hydrogen-bond acceptors (Lipinski definition) is 8. The van der Waals surface area contributed by atoms with E-state index in [0.29, 0.717) is 60.8 Å². The average Bonchev–Trinajstić information content (AvgIpc) is 3.32. The molecule has 0 aliphatic heterocycles. The standard InChI is InChI=1S/C28H31FO4.C18H20ClFO.C10H12O3/c1-28(2,3)25-16-20(9-12-23(25)24-17-21(31-4)11-13-26(24)29)18-33-22-8-6-7-19(15-22)10-14-27(30)32-5;1-18(2,3)16-9-12(11-19)5-7-14(16)15-10-13(21-4)6-8-17(15)20;1-13-10(12)6-5-8-3-2-4-9(11)7-8/h6-9,11-13,15-17H,10,14,18H2,1-5H3;5-10H,11H2,1-4H3;2-4,7,11H,5-6H2,1H3. The summed E-state index contributed by atoms with van der Waals surface area (Å²) in [6.07, 6.45) is 1.87. The molecule has 356 valence electrons. The van der Waals surface area contributed by atoms with Gasteiger partial charge >= 0.3 is 11.9 Å². The molecule has 8 nitrogen and oxygen atoms in total. The number of ether oxygens (including phenoxy) is 5. The first-order valence-corrected chi connectivity index (χ1v) is 22.5. The molecule has 0 heterocycles. The maximum absolute atomic E-state index is 14.7. The van der Waals surface area contributed by atoms with Gasteiger partial charge in [0.05, 0.1) is 28.4 Å². The van der Waals surface area contributed by atoms with Crippen LogP contribution in [0.3, 0.4) is 0 Å². The van der Waals surface area contributed by atoms with E-state index in [-0.39, 0.29) is 40.2 Å². The molecular formula is C56H63ClF2O8. The van der Waals surface area contributed by atoms with Crippen molar-refractivity contribution in [2.24, 2.45) is 0 Å². The van der Waals surface area contributed by atoms with Gasteiger partial charge in [-0.15, -0.1) is 11.6 Å². The predicted octanol–water partition coefficient (Wildman–Crippen LogP) is 13.5. The van der Waals surface area contributed by atoms with Crippen molar-refractivity contribution in [3.63, 3.8) is 0 Å². The monoisotopic (exact) mass is 936 g/mol. The third kappa shape index (κ3) is 16.2. The second kappa shape index (κ2) is 24.9. The van der Waals surface area contributed by atoms with Crippen LogP contribution in [-0.2, 0) is 55.2 Å². The Balaban J connectivity index is 0.000000245. The van der Waals surface area contributed by atoms with E-state index < -0.39 is 0 Å². The number of aromatic hydroxyl groups is 1. The highest BCUT2D eigenvalue weighted by molar-refractivity contribution is 6.17. The number of alkyl halides is 1. The quantitative estimate of drug-likeness (QED) is 0.0851. The molecule has 0 saturated heterocycles. The average molecular weight is 938 g/mol. The Morgan fingerprint density at radius 2 is 0.985 bits per heavy atom. The molecule has 0 aliphatic carbocycles. The van der Waals surface area contributed by atoms with E-state index >= 15 is 0 Å². The molecule has 67 heavy (non-hydrogen) atoms. The summed E-state index contributed by atoms with van der Waals surface area (Å²) < 4.78 is 54.7. The van der Waals surface area contributed by atoms with E-state index in [4.69, 9.17) is 35.7 Å². The lowest BCUT2D eigenvalue weighted by Gasteiger charge is -2.24. The van der Waals surface area contributed by atoms with E-state index in [1.807, 2.05) is 54.6 Å². The third-order valence-electron chi connectivity index (χ3n) is 10.8. The van der Waals surface area contributed by atoms with Crippen molar-refractivity contribution in [2.75, 3.05) is 28.4 Å². The van der Waals surface area contributed by atoms with Crippen LogP contribution in [0.1, 0.15) is 87.8 Å². The lowest BCUT2D eigenvalue weighted by molar-refractivity contribution is -0.141. The third-order valence-corrected chi connectivity index (χ3v) is 11.1. The summed E-state index contributed by atoms with van der Waals surface area (Å²) >= 11 is 5.93. The SMILES string of the molecule is COC(=O)CCc1cccc(O)c1.COC(=O)CCc1cccc(OCc2ccc(-c3cc(OC)ccc3F)c(C(C)(C)C)c2)c1.COc1ccc(F)c(-c2ccc(CCl)cc2C(C)(C)C)c1. The van der Waals surface area contributed by atoms with Crippen molar-refractivity contribution >= 4 is 23.5 Å². The van der Waals surface area contributed by atoms with Gasteiger partial charge in [0.25, 0.3) is 0 Å². The van der Waals surface area contributed by atoms with Crippen molar-refractivity contribution in [3.8, 4) is 45.3 Å². The Labute approximate surface area is 399 Å². The Hall–Kier alpha value is -6.39. The lowest BCUT2D eigenvalue weighted by atomic mass is 9.81. The number of benzene rings is 6. The van der Waals surface area contributed by atoms with Gasteiger partial charge in [0.2, 0.25) is 0 Å². The molecule has 0 amide bonds. The van der Waals surface area contributed by atoms with Gasteiger partial charge in [0.15, 0.2) is 0 Å². The smallest absolute Gasteiger partial charge is 0.305 e. The molecule has 0 atom stereocenters. The van der Waals surface area contributed by atoms with Crippen LogP contribution < -0.4 is 14.2 Å². The number of rotatable bonds is 14. The van der Waals surface area contributed by atoms with Crippen molar-refractivity contribution < 1.29 is 47.2 Å². The summed E-state index contributed by atoms with van der Waals surface area (Å²) in [5.41, 5.74) is 8.57. The van der Waals surface area contributed by atoms with Crippen LogP contribution in [0, 0.1) is 11.6 Å². The minimum Gasteiger partial charge on any atom is -0.508 e. The fraction of sp³-hybridized carbons (Fsp3) is 0.321. The summed E-state index contributed by atoms with van der Waals surface area (Å²) in [6.45, 7) is 13.0. The van der Waals surface area contributed by atoms with Crippen molar-refractivity contribution in [2.45, 2.75) is 90.5 Å². The Morgan fingerprint density at radius 3 is 1.43 bits per heavy atom. The van der Waals surface area contributed by atoms with Gasteiger partial charge < -0.3 is 28.8 Å². The molecule has 0 bridgehead atoms. The van der Waals surface area contributed by atoms with E-state index in [1.165, 1.54) is 26.4 Å². The largest absolute Gasteiger partial charge is 0.508 e. The van der Waals surface area contributed by atoms with Crippen molar-refractivity contribution in [1.82, 2.24) is 0 Å². The Kier molecular flexibility index (Phi) is 19.8. The highest BCUT2D eigenvalue weighted by Gasteiger charge is 2.23. The van der Waals surface area contributed by atoms with Crippen LogP contribution in [0.5, 0.6) is 23.0 Å². The predicted molar refractivity (Wildman–Crippen MR) is 263 cm³/mol. The molecule has 0 saturated carbocycles. The maximum Gasteiger partial charge on any atom is 0.305 e. The number of carbonyl (C=O) groups is 2. The molecule has 0 fully saturated rings. The zero-order chi connectivity index (χ0) is 49.3. The fourth-order valence-electron chi connectivity index (χ4n) is 7.11. The summed E-state index contributed by atoms with van der Waals surface area (Å²) in [7, 11) is 5.91. The fourth-order valence-corrected chi connectivity index (χ4v) is 7.27. The number of aryl methyl sites for hydroxylation is 2. The van der Waals surface area contributed by atoms with Crippen LogP contribution in [0.15, 0.2) is 121 Å². The molecule has 6 aromatic rings. The number of phenolic OH excluding ortho intramolecular Hbond substituents is 1. The summed E-state index contributed by atoms with van der Waals surface area (Å²) in [5.74, 6) is 1.67. The van der Waals surface area contributed by atoms with Crippen LogP contribution in [0.4, 0.5) is 8.78 Å². The molecule has 6 aromatic carbocycles. The van der Waals surface area contributed by atoms with E-state index in [0.717, 1.165) is 50.3 Å². The Bertz CT molecular complexity index is 2580. The van der Waals surface area contributed by atoms with Gasteiger partial charge in [-0.05, 0) is 129 Å². The van der Waals surface area contributed by atoms with E-state index in [1.54, 1.807) is 56.7 Å². The van der Waals surface area contributed by atoms with Crippen molar-refractivity contribution in [1.29, 1.82) is 0 Å². The minimum atomic E-state index is -0.283. The second-order valence-corrected chi connectivity index (χ2v) is 18.1. The van der Waals surface area contributed by atoms with E-state index in [9.17, 15) is 18.4 Å². The molecule has 0 unspecified atom stereocenters. The van der Waals surface area contributed by atoms with Crippen LogP contribution in [0.25, 0.3) is 22.3 Å². The van der Waals surface area contributed by atoms with E-state index in [2.05, 4.69) is 58.4 Å². The molecule has 6 rings (SSSR count). The van der Waals surface area contributed by atoms with Gasteiger partial charge in [0, 0.05) is 29.8 Å². The highest BCUT2D eigenvalue weighted by atomic mass is 35.5. The number of esters is 2. The number of hydrogen-bond donors (Lipinski definition) is 1. The number of phenols is 1. The molecule has 0 radical (unpaired) electrons. The molecule has 0 aliphatic rings. The lowest BCUT2D eigenvalue weighted by Crippen LogP contribution is -2.14. The first kappa shape index (κ1) is 53.2. The molecule has 1 N–H and O–H groups in total. The van der Waals surface area contributed by atoms with Gasteiger partial charge in [-0.3, -0.25) is 9.59 Å². The normalized spacial score (nSPS) is 11.0. The number of halogens is 3. The molecule has 11 heteroatoms. The molecular weight excluding hydrogens is 874 g/mol. The topological polar surface area (TPSA) is 101 Å². The van der Waals surface area contributed by atoms with Gasteiger partial charge in [-0.1, -0.05) is 102 Å². The second-order valence-electron chi connectivity index (χ2n) is 17.8. The molecule has 0 spiro atoms. The zero-order valence-electron chi connectivity index (χ0n) is 40.2. The number of carbonyl (C=O) groups excluding carboxylic acids is 2. The Morgan fingerprint density at radius 1 is 0.522 bits per heavy atom.